The third-order valence-electron chi connectivity index (χ3n) is 2.90. The Balaban J connectivity index is 2.47. The molecule has 0 fully saturated rings. The number of nitrogens with one attached hydrogen (secondary N) is 1. The first-order chi connectivity index (χ1) is 10.2. The number of ether oxygens (including phenoxy) is 2. The van der Waals surface area contributed by atoms with E-state index in [1.54, 1.807) is 0 Å². The summed E-state index contributed by atoms with van der Waals surface area (Å²) in [5, 5.41) is 3.39. The maximum atomic E-state index is 11.6. The van der Waals surface area contributed by atoms with E-state index in [1.807, 2.05) is 52.0 Å². The Labute approximate surface area is 151 Å². The molecule has 0 aliphatic carbocycles. The van der Waals surface area contributed by atoms with Crippen LogP contribution in [0.15, 0.2) is 24.3 Å². The topological polar surface area (TPSA) is 47.6 Å². The minimum Gasteiger partial charge on any atom is -0.444 e. The van der Waals surface area contributed by atoms with E-state index in [4.69, 9.17) is 21.1 Å². The maximum absolute atomic E-state index is 11.6. The van der Waals surface area contributed by atoms with E-state index in [-0.39, 0.29) is 0 Å². The Morgan fingerprint density at radius 1 is 1.23 bits per heavy atom. The molecule has 0 spiro atoms. The predicted molar refractivity (Wildman–Crippen MR) is 97.9 cm³/mol. The average molecular weight is 440 g/mol. The molecule has 0 aliphatic rings. The molecule has 124 valence electrons. The van der Waals surface area contributed by atoms with Crippen LogP contribution in [0.25, 0.3) is 0 Å². The molecule has 0 saturated carbocycles. The fourth-order valence-electron chi connectivity index (χ4n) is 1.75. The van der Waals surface area contributed by atoms with Crippen LogP contribution < -0.4 is 5.32 Å². The van der Waals surface area contributed by atoms with Gasteiger partial charge in [0.1, 0.15) is 5.60 Å². The molecule has 22 heavy (non-hydrogen) atoms. The van der Waals surface area contributed by atoms with Crippen molar-refractivity contribution in [2.75, 3.05) is 17.6 Å². The van der Waals surface area contributed by atoms with Crippen molar-refractivity contribution in [2.24, 2.45) is 0 Å². The molecule has 1 rings (SSSR count). The summed E-state index contributed by atoms with van der Waals surface area (Å²) in [5.41, 5.74) is 0.148. The molecule has 1 aromatic rings. The summed E-state index contributed by atoms with van der Waals surface area (Å²) in [4.78, 5) is 11.6. The number of amides is 1. The minimum absolute atomic E-state index is 0.398. The van der Waals surface area contributed by atoms with Crippen LogP contribution in [0.3, 0.4) is 0 Å². The van der Waals surface area contributed by atoms with Gasteiger partial charge in [0.25, 0.3) is 0 Å². The zero-order valence-electron chi connectivity index (χ0n) is 13.4. The molecule has 6 heteroatoms. The Bertz CT molecular complexity index is 487. The van der Waals surface area contributed by atoms with E-state index >= 15 is 0 Å². The van der Waals surface area contributed by atoms with Crippen molar-refractivity contribution in [1.29, 1.82) is 0 Å². The normalized spacial score (nSPS) is 14.3. The molecule has 1 amide bonds. The SMILES string of the molecule is CC(C)(C)OC(=O)NCCOC(C)(CI)c1ccc(Cl)cc1. The number of carbonyl (C=O) groups excluding carboxylic acids is 1. The number of alkyl halides is 1. The average Bonchev–Trinajstić information content (AvgIpc) is 2.42. The van der Waals surface area contributed by atoms with Gasteiger partial charge in [-0.3, -0.25) is 0 Å². The summed E-state index contributed by atoms with van der Waals surface area (Å²) >= 11 is 8.21. The van der Waals surface area contributed by atoms with Crippen molar-refractivity contribution in [3.63, 3.8) is 0 Å². The molecular formula is C16H23ClINO3. The molecular weight excluding hydrogens is 417 g/mol. The van der Waals surface area contributed by atoms with Gasteiger partial charge in [0.15, 0.2) is 0 Å². The van der Waals surface area contributed by atoms with E-state index in [1.165, 1.54) is 0 Å². The summed E-state index contributed by atoms with van der Waals surface area (Å²) in [5.74, 6) is 0. The van der Waals surface area contributed by atoms with Gasteiger partial charge in [-0.2, -0.15) is 0 Å². The highest BCUT2D eigenvalue weighted by atomic mass is 127. The van der Waals surface area contributed by atoms with Gasteiger partial charge in [0.05, 0.1) is 12.2 Å². The van der Waals surface area contributed by atoms with Crippen LogP contribution in [0.1, 0.15) is 33.3 Å². The third kappa shape index (κ3) is 6.71. The molecule has 0 saturated heterocycles. The Kier molecular flexibility index (Phi) is 7.41. The molecule has 0 aliphatic heterocycles. The summed E-state index contributed by atoms with van der Waals surface area (Å²) in [6, 6.07) is 7.62. The number of hydrogen-bond donors (Lipinski definition) is 1. The number of alkyl carbamates (subject to hydrolysis) is 1. The van der Waals surface area contributed by atoms with Crippen LogP contribution in [0.2, 0.25) is 5.02 Å². The first-order valence-corrected chi connectivity index (χ1v) is 8.99. The van der Waals surface area contributed by atoms with E-state index in [0.717, 1.165) is 9.99 Å². The lowest BCUT2D eigenvalue weighted by molar-refractivity contribution is -0.0149. The molecule has 1 unspecified atom stereocenters. The molecule has 0 radical (unpaired) electrons. The molecule has 4 nitrogen and oxygen atoms in total. The van der Waals surface area contributed by atoms with Crippen molar-refractivity contribution in [3.05, 3.63) is 34.9 Å². The number of halogens is 2. The largest absolute Gasteiger partial charge is 0.444 e. The van der Waals surface area contributed by atoms with Gasteiger partial charge in [0.2, 0.25) is 0 Å². The van der Waals surface area contributed by atoms with Gasteiger partial charge in [-0.15, -0.1) is 0 Å². The number of rotatable bonds is 6. The van der Waals surface area contributed by atoms with E-state index in [2.05, 4.69) is 27.9 Å². The van der Waals surface area contributed by atoms with Gasteiger partial charge in [0, 0.05) is 16.0 Å². The lowest BCUT2D eigenvalue weighted by Crippen LogP contribution is -2.36. The highest BCUT2D eigenvalue weighted by Gasteiger charge is 2.26. The monoisotopic (exact) mass is 439 g/mol. The van der Waals surface area contributed by atoms with Crippen molar-refractivity contribution < 1.29 is 14.3 Å². The summed E-state index contributed by atoms with van der Waals surface area (Å²) in [6.07, 6.45) is -0.432. The molecule has 1 N–H and O–H groups in total. The van der Waals surface area contributed by atoms with Crippen molar-refractivity contribution >= 4 is 40.3 Å². The van der Waals surface area contributed by atoms with Crippen molar-refractivity contribution in [2.45, 2.75) is 38.9 Å². The van der Waals surface area contributed by atoms with Crippen LogP contribution in [-0.2, 0) is 15.1 Å². The highest BCUT2D eigenvalue weighted by molar-refractivity contribution is 14.1. The molecule has 0 aromatic heterocycles. The van der Waals surface area contributed by atoms with Crippen LogP contribution in [0, 0.1) is 0 Å². The first kappa shape index (κ1) is 19.5. The van der Waals surface area contributed by atoms with Crippen LogP contribution >= 0.6 is 34.2 Å². The number of carbonyl (C=O) groups is 1. The van der Waals surface area contributed by atoms with Gasteiger partial charge in [-0.05, 0) is 45.4 Å². The Morgan fingerprint density at radius 2 is 1.82 bits per heavy atom. The predicted octanol–water partition coefficient (Wildman–Crippen LogP) is 4.53. The van der Waals surface area contributed by atoms with Gasteiger partial charge < -0.3 is 14.8 Å². The molecule has 0 bridgehead atoms. The fraction of sp³-hybridized carbons (Fsp3) is 0.562. The zero-order valence-corrected chi connectivity index (χ0v) is 16.3. The summed E-state index contributed by atoms with van der Waals surface area (Å²) in [7, 11) is 0. The van der Waals surface area contributed by atoms with Gasteiger partial charge in [-0.25, -0.2) is 4.79 Å². The van der Waals surface area contributed by atoms with Gasteiger partial charge >= 0.3 is 6.09 Å². The Morgan fingerprint density at radius 3 is 2.32 bits per heavy atom. The summed E-state index contributed by atoms with van der Waals surface area (Å²) in [6.45, 7) is 8.32. The summed E-state index contributed by atoms with van der Waals surface area (Å²) < 4.78 is 11.9. The Hall–Kier alpha value is -0.530. The number of hydrogen-bond acceptors (Lipinski definition) is 3. The van der Waals surface area contributed by atoms with Crippen LogP contribution in [0.4, 0.5) is 4.79 Å². The lowest BCUT2D eigenvalue weighted by Gasteiger charge is -2.29. The van der Waals surface area contributed by atoms with Crippen molar-refractivity contribution in [3.8, 4) is 0 Å². The van der Waals surface area contributed by atoms with E-state index < -0.39 is 17.3 Å². The quantitative estimate of drug-likeness (QED) is 0.402. The molecule has 0 heterocycles. The third-order valence-corrected chi connectivity index (χ3v) is 4.61. The molecule has 1 aromatic carbocycles. The highest BCUT2D eigenvalue weighted by Crippen LogP contribution is 2.28. The second kappa shape index (κ2) is 8.36. The van der Waals surface area contributed by atoms with Crippen LogP contribution in [-0.4, -0.2) is 29.3 Å². The fourth-order valence-corrected chi connectivity index (χ4v) is 2.53. The maximum Gasteiger partial charge on any atom is 0.407 e. The first-order valence-electron chi connectivity index (χ1n) is 7.09. The van der Waals surface area contributed by atoms with Gasteiger partial charge in [-0.1, -0.05) is 46.3 Å². The second-order valence-electron chi connectivity index (χ2n) is 6.15. The van der Waals surface area contributed by atoms with E-state index in [9.17, 15) is 4.79 Å². The second-order valence-corrected chi connectivity index (χ2v) is 7.35. The lowest BCUT2D eigenvalue weighted by atomic mass is 9.98. The smallest absolute Gasteiger partial charge is 0.407 e. The van der Waals surface area contributed by atoms with Crippen molar-refractivity contribution in [1.82, 2.24) is 5.32 Å². The number of benzene rings is 1. The van der Waals surface area contributed by atoms with Crippen LogP contribution in [0.5, 0.6) is 0 Å². The van der Waals surface area contributed by atoms with E-state index in [0.29, 0.717) is 18.2 Å². The zero-order chi connectivity index (χ0) is 16.8. The standard InChI is InChI=1S/C16H23ClINO3/c1-15(2,3)22-14(20)19-9-10-21-16(4,11-18)12-5-7-13(17)8-6-12/h5-8H,9-11H2,1-4H3,(H,19,20). The minimum atomic E-state index is -0.495. The molecule has 1 atom stereocenters.